The lowest BCUT2D eigenvalue weighted by Gasteiger charge is -2.06. The highest BCUT2D eigenvalue weighted by Gasteiger charge is 2.22. The van der Waals surface area contributed by atoms with E-state index >= 15 is 0 Å². The molecule has 0 aliphatic carbocycles. The topological polar surface area (TPSA) is 85.8 Å². The van der Waals surface area contributed by atoms with Crippen molar-refractivity contribution in [3.05, 3.63) is 54.2 Å². The largest absolute Gasteiger partial charge is 0.352 e. The van der Waals surface area contributed by atoms with Crippen LogP contribution in [-0.4, -0.2) is 32.4 Å². The Morgan fingerprint density at radius 1 is 1.15 bits per heavy atom. The van der Waals surface area contributed by atoms with Gasteiger partial charge in [-0.3, -0.25) is 9.48 Å². The summed E-state index contributed by atoms with van der Waals surface area (Å²) in [6.07, 6.45) is 1.88. The van der Waals surface area contributed by atoms with Gasteiger partial charge in [0.15, 0.2) is 0 Å². The average Bonchev–Trinajstić information content (AvgIpc) is 3.35. The number of nitrogens with zero attached hydrogens (tertiary/aromatic N) is 4. The Morgan fingerprint density at radius 3 is 2.67 bits per heavy atom. The second-order valence-corrected chi connectivity index (χ2v) is 6.05. The monoisotopic (exact) mass is 361 g/mol. The van der Waals surface area contributed by atoms with Gasteiger partial charge in [0.05, 0.1) is 16.6 Å². The summed E-state index contributed by atoms with van der Waals surface area (Å²) < 4.78 is 7.30. The van der Waals surface area contributed by atoms with Crippen LogP contribution >= 0.6 is 0 Å². The summed E-state index contributed by atoms with van der Waals surface area (Å²) in [5, 5.41) is 12.1. The van der Waals surface area contributed by atoms with Crippen molar-refractivity contribution in [2.24, 2.45) is 0 Å². The van der Waals surface area contributed by atoms with Crippen LogP contribution in [0.5, 0.6) is 0 Å². The van der Waals surface area contributed by atoms with E-state index in [0.29, 0.717) is 40.3 Å². The zero-order valence-electron chi connectivity index (χ0n) is 15.1. The van der Waals surface area contributed by atoms with Crippen molar-refractivity contribution in [2.75, 3.05) is 6.54 Å². The molecule has 0 saturated carbocycles. The first-order chi connectivity index (χ1) is 13.2. The molecule has 27 heavy (non-hydrogen) atoms. The number of hydrogen-bond donors (Lipinski definition) is 1. The summed E-state index contributed by atoms with van der Waals surface area (Å²) in [6.45, 7) is 5.17. The number of aromatic nitrogens is 4. The predicted octanol–water partition coefficient (Wildman–Crippen LogP) is 3.52. The molecule has 7 heteroatoms. The number of amides is 1. The highest BCUT2D eigenvalue weighted by Crippen LogP contribution is 2.32. The van der Waals surface area contributed by atoms with Crippen LogP contribution in [-0.2, 0) is 6.54 Å². The van der Waals surface area contributed by atoms with Gasteiger partial charge in [0.25, 0.3) is 11.6 Å². The normalized spacial score (nSPS) is 11.0. The lowest BCUT2D eigenvalue weighted by Crippen LogP contribution is -2.23. The molecule has 4 aromatic rings. The molecule has 7 nitrogen and oxygen atoms in total. The van der Waals surface area contributed by atoms with Crippen LogP contribution in [0.15, 0.2) is 53.2 Å². The van der Waals surface area contributed by atoms with Crippen LogP contribution in [0.3, 0.4) is 0 Å². The molecular weight excluding hydrogens is 342 g/mol. The van der Waals surface area contributed by atoms with Crippen LogP contribution in [0.2, 0.25) is 0 Å². The van der Waals surface area contributed by atoms with Crippen molar-refractivity contribution in [1.29, 1.82) is 0 Å². The van der Waals surface area contributed by atoms with Gasteiger partial charge >= 0.3 is 0 Å². The summed E-state index contributed by atoms with van der Waals surface area (Å²) in [5.41, 5.74) is 3.52. The van der Waals surface area contributed by atoms with E-state index in [9.17, 15) is 4.79 Å². The number of rotatable bonds is 5. The third kappa shape index (κ3) is 3.08. The molecule has 1 amide bonds. The Labute approximate surface area is 156 Å². The minimum atomic E-state index is -0.193. The number of aryl methyl sites for hydroxylation is 1. The maximum atomic E-state index is 12.8. The number of hydrogen-bond acceptors (Lipinski definition) is 5. The van der Waals surface area contributed by atoms with Crippen molar-refractivity contribution in [3.63, 3.8) is 0 Å². The van der Waals surface area contributed by atoms with Gasteiger partial charge in [-0.2, -0.15) is 5.10 Å². The molecule has 0 radical (unpaired) electrons. The molecule has 3 heterocycles. The van der Waals surface area contributed by atoms with Gasteiger partial charge in [0, 0.05) is 24.8 Å². The Morgan fingerprint density at radius 2 is 1.96 bits per heavy atom. The van der Waals surface area contributed by atoms with Crippen molar-refractivity contribution in [2.45, 2.75) is 20.4 Å². The molecule has 3 aromatic heterocycles. The van der Waals surface area contributed by atoms with E-state index in [0.717, 1.165) is 12.1 Å². The zero-order valence-corrected chi connectivity index (χ0v) is 15.1. The highest BCUT2D eigenvalue weighted by molar-refractivity contribution is 6.10. The molecule has 136 valence electrons. The van der Waals surface area contributed by atoms with Crippen molar-refractivity contribution in [1.82, 2.24) is 25.2 Å². The molecule has 0 fully saturated rings. The van der Waals surface area contributed by atoms with Gasteiger partial charge in [-0.05, 0) is 26.0 Å². The molecule has 0 spiro atoms. The van der Waals surface area contributed by atoms with E-state index in [1.165, 1.54) is 0 Å². The first-order valence-electron chi connectivity index (χ1n) is 8.89. The number of nitrogens with one attached hydrogen (secondary N) is 1. The Balaban J connectivity index is 1.93. The van der Waals surface area contributed by atoms with Crippen LogP contribution in [0, 0.1) is 0 Å². The van der Waals surface area contributed by atoms with E-state index in [2.05, 4.69) is 20.6 Å². The van der Waals surface area contributed by atoms with E-state index < -0.39 is 0 Å². The van der Waals surface area contributed by atoms with Crippen molar-refractivity contribution in [3.8, 4) is 22.6 Å². The quantitative estimate of drug-likeness (QED) is 0.588. The Bertz CT molecular complexity index is 1100. The number of pyridine rings is 1. The van der Waals surface area contributed by atoms with Gasteiger partial charge < -0.3 is 9.84 Å². The van der Waals surface area contributed by atoms with Gasteiger partial charge in [0.2, 0.25) is 0 Å². The second kappa shape index (κ2) is 7.03. The van der Waals surface area contributed by atoms with Gasteiger partial charge in [-0.25, -0.2) is 4.98 Å². The molecule has 0 saturated heterocycles. The smallest absolute Gasteiger partial charge is 0.259 e. The standard InChI is InChI=1S/C20H19N5O2/c1-3-21-19(26)14-12-16(15-10-11-25(4-2)23-15)22-20-17(14)18(24-27-20)13-8-6-5-7-9-13/h5-12H,3-4H2,1-2H3,(H,21,26). The first-order valence-corrected chi connectivity index (χ1v) is 8.89. The fraction of sp³-hybridized carbons (Fsp3) is 0.200. The molecule has 0 aliphatic rings. The lowest BCUT2D eigenvalue weighted by atomic mass is 10.0. The van der Waals surface area contributed by atoms with Crippen LogP contribution in [0.4, 0.5) is 0 Å². The maximum Gasteiger partial charge on any atom is 0.259 e. The lowest BCUT2D eigenvalue weighted by molar-refractivity contribution is 0.0957. The molecule has 0 atom stereocenters. The molecule has 1 N–H and O–H groups in total. The van der Waals surface area contributed by atoms with E-state index in [4.69, 9.17) is 4.52 Å². The van der Waals surface area contributed by atoms with Crippen LogP contribution in [0.1, 0.15) is 24.2 Å². The number of carbonyl (C=O) groups excluding carboxylic acids is 1. The van der Waals surface area contributed by atoms with E-state index in [-0.39, 0.29) is 5.91 Å². The Hall–Kier alpha value is -3.48. The zero-order chi connectivity index (χ0) is 18.8. The summed E-state index contributed by atoms with van der Waals surface area (Å²) in [6, 6.07) is 13.2. The molecule has 0 bridgehead atoms. The fourth-order valence-electron chi connectivity index (χ4n) is 2.98. The average molecular weight is 361 g/mol. The third-order valence-electron chi connectivity index (χ3n) is 4.30. The summed E-state index contributed by atoms with van der Waals surface area (Å²) >= 11 is 0. The highest BCUT2D eigenvalue weighted by atomic mass is 16.5. The second-order valence-electron chi connectivity index (χ2n) is 6.05. The summed E-state index contributed by atoms with van der Waals surface area (Å²) in [5.74, 6) is -0.193. The van der Waals surface area contributed by atoms with Crippen LogP contribution in [0.25, 0.3) is 33.7 Å². The molecule has 0 aliphatic heterocycles. The third-order valence-corrected chi connectivity index (χ3v) is 4.30. The van der Waals surface area contributed by atoms with E-state index in [1.807, 2.05) is 61.1 Å². The first kappa shape index (κ1) is 17.0. The number of benzene rings is 1. The number of carbonyl (C=O) groups is 1. The molecule has 4 rings (SSSR count). The van der Waals surface area contributed by atoms with Crippen molar-refractivity contribution >= 4 is 17.0 Å². The minimum Gasteiger partial charge on any atom is -0.352 e. The Kier molecular flexibility index (Phi) is 4.42. The van der Waals surface area contributed by atoms with E-state index in [1.54, 1.807) is 6.07 Å². The summed E-state index contributed by atoms with van der Waals surface area (Å²) in [4.78, 5) is 17.3. The fourth-order valence-corrected chi connectivity index (χ4v) is 2.98. The molecule has 1 aromatic carbocycles. The van der Waals surface area contributed by atoms with Crippen molar-refractivity contribution < 1.29 is 9.32 Å². The van der Waals surface area contributed by atoms with Gasteiger partial charge in [-0.1, -0.05) is 35.5 Å². The van der Waals surface area contributed by atoms with Crippen LogP contribution < -0.4 is 5.32 Å². The van der Waals surface area contributed by atoms with Gasteiger partial charge in [-0.15, -0.1) is 0 Å². The maximum absolute atomic E-state index is 12.8. The molecule has 0 unspecified atom stereocenters. The van der Waals surface area contributed by atoms with Gasteiger partial charge in [0.1, 0.15) is 11.4 Å². The SMILES string of the molecule is CCNC(=O)c1cc(-c2ccn(CC)n2)nc2onc(-c3ccccc3)c12. The number of fused-ring (bicyclic) bond motifs is 1. The molecular formula is C20H19N5O2. The summed E-state index contributed by atoms with van der Waals surface area (Å²) in [7, 11) is 0. The predicted molar refractivity (Wildman–Crippen MR) is 102 cm³/mol. The minimum absolute atomic E-state index is 0.193.